The van der Waals surface area contributed by atoms with E-state index in [9.17, 15) is 5.11 Å². The number of nitrogens with one attached hydrogen (secondary N) is 1. The van der Waals surface area contributed by atoms with Gasteiger partial charge in [-0.1, -0.05) is 13.8 Å². The van der Waals surface area contributed by atoms with Crippen molar-refractivity contribution in [1.29, 1.82) is 0 Å². The van der Waals surface area contributed by atoms with Gasteiger partial charge < -0.3 is 10.4 Å². The molecule has 2 N–H and O–H groups in total. The molecule has 2 heterocycles. The molecule has 19 heavy (non-hydrogen) atoms. The Morgan fingerprint density at radius 1 is 1.37 bits per heavy atom. The summed E-state index contributed by atoms with van der Waals surface area (Å²) < 4.78 is 1.73. The van der Waals surface area contributed by atoms with E-state index in [1.54, 1.807) is 17.1 Å². The van der Waals surface area contributed by atoms with Crippen LogP contribution in [0.3, 0.4) is 0 Å². The SMILES string of the molecule is CCC(C)(CO)CNc1cccnc1-n1cccn1. The highest BCUT2D eigenvalue weighted by Gasteiger charge is 2.21. The van der Waals surface area contributed by atoms with Crippen LogP contribution in [0.1, 0.15) is 20.3 Å². The number of pyridine rings is 1. The fraction of sp³-hybridized carbons (Fsp3) is 0.429. The van der Waals surface area contributed by atoms with E-state index in [-0.39, 0.29) is 12.0 Å². The molecule has 2 rings (SSSR count). The predicted molar refractivity (Wildman–Crippen MR) is 75.3 cm³/mol. The molecule has 0 radical (unpaired) electrons. The average Bonchev–Trinajstić information content (AvgIpc) is 2.99. The van der Waals surface area contributed by atoms with Crippen molar-refractivity contribution in [3.05, 3.63) is 36.8 Å². The lowest BCUT2D eigenvalue weighted by molar-refractivity contribution is 0.149. The van der Waals surface area contributed by atoms with Crippen LogP contribution < -0.4 is 5.32 Å². The first-order valence-corrected chi connectivity index (χ1v) is 6.48. The second-order valence-corrected chi connectivity index (χ2v) is 5.00. The Morgan fingerprint density at radius 2 is 2.21 bits per heavy atom. The second-order valence-electron chi connectivity index (χ2n) is 5.00. The van der Waals surface area contributed by atoms with Crippen LogP contribution in [0.25, 0.3) is 5.82 Å². The second kappa shape index (κ2) is 5.84. The van der Waals surface area contributed by atoms with Gasteiger partial charge in [0.1, 0.15) is 0 Å². The Bertz CT molecular complexity index is 506. The summed E-state index contributed by atoms with van der Waals surface area (Å²) in [7, 11) is 0. The highest BCUT2D eigenvalue weighted by atomic mass is 16.3. The van der Waals surface area contributed by atoms with E-state index < -0.39 is 0 Å². The third-order valence-corrected chi connectivity index (χ3v) is 3.45. The minimum atomic E-state index is -0.128. The topological polar surface area (TPSA) is 63.0 Å². The van der Waals surface area contributed by atoms with E-state index in [2.05, 4.69) is 29.2 Å². The van der Waals surface area contributed by atoms with Crippen molar-refractivity contribution in [3.8, 4) is 5.82 Å². The zero-order valence-electron chi connectivity index (χ0n) is 11.4. The molecule has 1 atom stereocenters. The molecular weight excluding hydrogens is 240 g/mol. The molecular formula is C14H20N4O. The molecule has 0 spiro atoms. The number of nitrogens with zero attached hydrogens (tertiary/aromatic N) is 3. The lowest BCUT2D eigenvalue weighted by Crippen LogP contribution is -2.30. The van der Waals surface area contributed by atoms with Crippen molar-refractivity contribution >= 4 is 5.69 Å². The van der Waals surface area contributed by atoms with Gasteiger partial charge in [0, 0.05) is 30.6 Å². The Hall–Kier alpha value is -1.88. The van der Waals surface area contributed by atoms with E-state index >= 15 is 0 Å². The van der Waals surface area contributed by atoms with Crippen LogP contribution in [0.15, 0.2) is 36.8 Å². The first-order chi connectivity index (χ1) is 9.18. The standard InChI is InChI=1S/C14H20N4O/c1-3-14(2,11-19)10-16-12-6-4-7-15-13(12)18-9-5-8-17-18/h4-9,16,19H,3,10-11H2,1-2H3. The van der Waals surface area contributed by atoms with Crippen LogP contribution >= 0.6 is 0 Å². The molecule has 1 unspecified atom stereocenters. The molecule has 0 bridgehead atoms. The smallest absolute Gasteiger partial charge is 0.176 e. The summed E-state index contributed by atoms with van der Waals surface area (Å²) in [5.74, 6) is 0.767. The molecule has 0 aliphatic heterocycles. The number of aliphatic hydroxyl groups is 1. The van der Waals surface area contributed by atoms with Crippen LogP contribution in [-0.2, 0) is 0 Å². The fourth-order valence-electron chi connectivity index (χ4n) is 1.71. The molecule has 0 aromatic carbocycles. The van der Waals surface area contributed by atoms with Gasteiger partial charge >= 0.3 is 0 Å². The van der Waals surface area contributed by atoms with Gasteiger partial charge in [-0.15, -0.1) is 0 Å². The van der Waals surface area contributed by atoms with E-state index in [0.717, 1.165) is 17.9 Å². The predicted octanol–water partition coefficient (Wildman–Crippen LogP) is 2.09. The number of aromatic nitrogens is 3. The van der Waals surface area contributed by atoms with E-state index in [1.165, 1.54) is 0 Å². The molecule has 0 fully saturated rings. The average molecular weight is 260 g/mol. The van der Waals surface area contributed by atoms with Crippen molar-refractivity contribution in [3.63, 3.8) is 0 Å². The lowest BCUT2D eigenvalue weighted by atomic mass is 9.88. The maximum Gasteiger partial charge on any atom is 0.176 e. The Morgan fingerprint density at radius 3 is 2.84 bits per heavy atom. The normalized spacial score (nSPS) is 14.1. The molecule has 0 aliphatic rings. The van der Waals surface area contributed by atoms with E-state index in [1.807, 2.05) is 24.4 Å². The minimum absolute atomic E-state index is 0.128. The van der Waals surface area contributed by atoms with Crippen LogP contribution in [0, 0.1) is 5.41 Å². The Kier molecular flexibility index (Phi) is 4.16. The van der Waals surface area contributed by atoms with Gasteiger partial charge in [-0.05, 0) is 24.6 Å². The van der Waals surface area contributed by atoms with Crippen molar-refractivity contribution in [2.24, 2.45) is 5.41 Å². The zero-order valence-corrected chi connectivity index (χ0v) is 11.4. The van der Waals surface area contributed by atoms with Crippen molar-refractivity contribution < 1.29 is 5.11 Å². The number of hydrogen-bond acceptors (Lipinski definition) is 4. The number of aliphatic hydroxyl groups excluding tert-OH is 1. The van der Waals surface area contributed by atoms with Crippen LogP contribution in [0.5, 0.6) is 0 Å². The molecule has 0 aliphatic carbocycles. The monoisotopic (exact) mass is 260 g/mol. The van der Waals surface area contributed by atoms with Gasteiger partial charge in [0.2, 0.25) is 0 Å². The third kappa shape index (κ3) is 3.12. The summed E-state index contributed by atoms with van der Waals surface area (Å²) in [4.78, 5) is 4.35. The molecule has 0 saturated heterocycles. The van der Waals surface area contributed by atoms with Gasteiger partial charge in [-0.2, -0.15) is 5.10 Å². The number of anilines is 1. The highest BCUT2D eigenvalue weighted by Crippen LogP contribution is 2.23. The first-order valence-electron chi connectivity index (χ1n) is 6.48. The minimum Gasteiger partial charge on any atom is -0.396 e. The largest absolute Gasteiger partial charge is 0.396 e. The molecule has 2 aromatic rings. The third-order valence-electron chi connectivity index (χ3n) is 3.45. The summed E-state index contributed by atoms with van der Waals surface area (Å²) in [6.45, 7) is 4.99. The summed E-state index contributed by atoms with van der Waals surface area (Å²) in [5, 5.41) is 17.0. The van der Waals surface area contributed by atoms with Gasteiger partial charge in [0.05, 0.1) is 12.3 Å². The van der Waals surface area contributed by atoms with Gasteiger partial charge in [0.25, 0.3) is 0 Å². The first kappa shape index (κ1) is 13.5. The lowest BCUT2D eigenvalue weighted by Gasteiger charge is -2.26. The summed E-state index contributed by atoms with van der Waals surface area (Å²) >= 11 is 0. The van der Waals surface area contributed by atoms with Gasteiger partial charge in [-0.3, -0.25) is 0 Å². The summed E-state index contributed by atoms with van der Waals surface area (Å²) in [5.41, 5.74) is 0.788. The zero-order chi connectivity index (χ0) is 13.7. The molecule has 102 valence electrons. The molecule has 0 saturated carbocycles. The van der Waals surface area contributed by atoms with Gasteiger partial charge in [0.15, 0.2) is 5.82 Å². The van der Waals surface area contributed by atoms with Crippen molar-refractivity contribution in [2.75, 3.05) is 18.5 Å². The Labute approximate surface area is 113 Å². The summed E-state index contributed by atoms with van der Waals surface area (Å²) in [6, 6.07) is 5.72. The molecule has 5 heteroatoms. The molecule has 5 nitrogen and oxygen atoms in total. The molecule has 2 aromatic heterocycles. The summed E-state index contributed by atoms with van der Waals surface area (Å²) in [6.07, 6.45) is 6.24. The quantitative estimate of drug-likeness (QED) is 0.834. The van der Waals surface area contributed by atoms with Crippen molar-refractivity contribution in [1.82, 2.24) is 14.8 Å². The maximum atomic E-state index is 9.44. The number of rotatable bonds is 6. The number of hydrogen-bond donors (Lipinski definition) is 2. The fourth-order valence-corrected chi connectivity index (χ4v) is 1.71. The van der Waals surface area contributed by atoms with Crippen LogP contribution in [0.4, 0.5) is 5.69 Å². The molecule has 0 amide bonds. The van der Waals surface area contributed by atoms with Crippen LogP contribution in [-0.4, -0.2) is 33.0 Å². The van der Waals surface area contributed by atoms with Crippen LogP contribution in [0.2, 0.25) is 0 Å². The Balaban J connectivity index is 2.17. The maximum absolute atomic E-state index is 9.44. The van der Waals surface area contributed by atoms with Crippen molar-refractivity contribution in [2.45, 2.75) is 20.3 Å². The van der Waals surface area contributed by atoms with Gasteiger partial charge in [-0.25, -0.2) is 9.67 Å². The van der Waals surface area contributed by atoms with E-state index in [4.69, 9.17) is 0 Å². The highest BCUT2D eigenvalue weighted by molar-refractivity contribution is 5.56. The van der Waals surface area contributed by atoms with E-state index in [0.29, 0.717) is 6.54 Å².